The van der Waals surface area contributed by atoms with Crippen molar-refractivity contribution in [2.24, 2.45) is 0 Å². The highest BCUT2D eigenvalue weighted by Gasteiger charge is 2.27. The second kappa shape index (κ2) is 8.92. The summed E-state index contributed by atoms with van der Waals surface area (Å²) in [7, 11) is 0. The molecule has 32 heavy (non-hydrogen) atoms. The maximum absolute atomic E-state index is 9.76. The Kier molecular flexibility index (Phi) is 5.68. The van der Waals surface area contributed by atoms with Gasteiger partial charge in [-0.15, -0.1) is 0 Å². The summed E-state index contributed by atoms with van der Waals surface area (Å²) >= 11 is 0. The zero-order valence-corrected chi connectivity index (χ0v) is 18.1. The molecule has 0 bridgehead atoms. The van der Waals surface area contributed by atoms with Crippen LogP contribution in [0.25, 0.3) is 16.9 Å². The van der Waals surface area contributed by atoms with Gasteiger partial charge in [-0.05, 0) is 37.0 Å². The Morgan fingerprint density at radius 2 is 2.00 bits per heavy atom. The Hall–Kier alpha value is -3.52. The second-order valence-corrected chi connectivity index (χ2v) is 8.04. The summed E-state index contributed by atoms with van der Waals surface area (Å²) in [5.41, 5.74) is 5.08. The Bertz CT molecular complexity index is 1190. The van der Waals surface area contributed by atoms with E-state index in [1.165, 1.54) is 0 Å². The third-order valence-electron chi connectivity index (χ3n) is 6.02. The van der Waals surface area contributed by atoms with Crippen LogP contribution in [-0.2, 0) is 13.0 Å². The predicted molar refractivity (Wildman–Crippen MR) is 125 cm³/mol. The van der Waals surface area contributed by atoms with Gasteiger partial charge < -0.3 is 15.3 Å². The van der Waals surface area contributed by atoms with E-state index in [4.69, 9.17) is 9.97 Å². The quantitative estimate of drug-likeness (QED) is 0.466. The first kappa shape index (κ1) is 20.4. The van der Waals surface area contributed by atoms with E-state index in [-0.39, 0.29) is 12.6 Å². The minimum absolute atomic E-state index is 0.0671. The van der Waals surface area contributed by atoms with Crippen molar-refractivity contribution < 1.29 is 5.11 Å². The summed E-state index contributed by atoms with van der Waals surface area (Å²) in [6.45, 7) is 3.67. The minimum atomic E-state index is 0.0671. The number of nitrogens with zero attached hydrogens (tertiary/aromatic N) is 6. The van der Waals surface area contributed by atoms with Gasteiger partial charge >= 0.3 is 0 Å². The lowest BCUT2D eigenvalue weighted by atomic mass is 10.1. The van der Waals surface area contributed by atoms with Crippen LogP contribution in [0.2, 0.25) is 0 Å². The number of hydrogen-bond acceptors (Lipinski definition) is 7. The number of anilines is 2. The van der Waals surface area contributed by atoms with Crippen LogP contribution in [0.5, 0.6) is 0 Å². The fourth-order valence-electron chi connectivity index (χ4n) is 4.20. The van der Waals surface area contributed by atoms with Crippen LogP contribution in [0.3, 0.4) is 0 Å². The molecule has 0 amide bonds. The Morgan fingerprint density at radius 1 is 1.12 bits per heavy atom. The first-order valence-electron chi connectivity index (χ1n) is 11.1. The number of aryl methyl sites for hydroxylation is 1. The number of pyridine rings is 1. The molecule has 4 aromatic rings. The van der Waals surface area contributed by atoms with Crippen molar-refractivity contribution in [3.63, 3.8) is 0 Å². The van der Waals surface area contributed by atoms with E-state index in [9.17, 15) is 5.11 Å². The standard InChI is InChI=1S/C24H27N7O/c1-2-18-15-27-31-22(18)28-24(30-13-5-6-20(30)16-32)29-23(31)26-14-17-8-10-19(11-9-17)21-7-3-4-12-25-21/h3-4,7-12,15,20,32H,2,5-6,13-14,16H2,1H3,(H,26,28,29)/t20-/m0/s1. The molecule has 1 saturated heterocycles. The highest BCUT2D eigenvalue weighted by molar-refractivity contribution is 5.59. The number of aromatic nitrogens is 5. The first-order chi connectivity index (χ1) is 15.8. The average Bonchev–Trinajstić information content (AvgIpc) is 3.50. The largest absolute Gasteiger partial charge is 0.394 e. The van der Waals surface area contributed by atoms with Crippen LogP contribution >= 0.6 is 0 Å². The minimum Gasteiger partial charge on any atom is -0.394 e. The summed E-state index contributed by atoms with van der Waals surface area (Å²) < 4.78 is 1.77. The van der Waals surface area contributed by atoms with Gasteiger partial charge in [0.1, 0.15) is 0 Å². The highest BCUT2D eigenvalue weighted by Crippen LogP contribution is 2.25. The van der Waals surface area contributed by atoms with Crippen LogP contribution < -0.4 is 10.2 Å². The van der Waals surface area contributed by atoms with Gasteiger partial charge in [-0.3, -0.25) is 4.98 Å². The molecule has 0 aliphatic carbocycles. The summed E-state index contributed by atoms with van der Waals surface area (Å²) in [6, 6.07) is 14.3. The first-order valence-corrected chi connectivity index (χ1v) is 11.1. The molecule has 0 spiro atoms. The Balaban J connectivity index is 1.41. The molecule has 1 aromatic carbocycles. The normalized spacial score (nSPS) is 16.1. The maximum Gasteiger partial charge on any atom is 0.231 e. The molecule has 0 radical (unpaired) electrons. The average molecular weight is 430 g/mol. The van der Waals surface area contributed by atoms with E-state index in [2.05, 4.69) is 51.5 Å². The van der Waals surface area contributed by atoms with Gasteiger partial charge in [0.2, 0.25) is 11.9 Å². The van der Waals surface area contributed by atoms with Crippen LogP contribution in [0, 0.1) is 0 Å². The molecule has 1 aliphatic heterocycles. The fourth-order valence-corrected chi connectivity index (χ4v) is 4.20. The van der Waals surface area contributed by atoms with E-state index >= 15 is 0 Å². The number of hydrogen-bond donors (Lipinski definition) is 2. The molecule has 5 rings (SSSR count). The molecule has 8 heteroatoms. The van der Waals surface area contributed by atoms with Crippen LogP contribution in [-0.4, -0.2) is 48.9 Å². The zero-order chi connectivity index (χ0) is 21.9. The number of fused-ring (bicyclic) bond motifs is 1. The predicted octanol–water partition coefficient (Wildman–Crippen LogP) is 3.32. The van der Waals surface area contributed by atoms with Gasteiger partial charge in [-0.25, -0.2) is 0 Å². The molecule has 1 atom stereocenters. The topological polar surface area (TPSA) is 91.5 Å². The van der Waals surface area contributed by atoms with Gasteiger partial charge in [0.25, 0.3) is 0 Å². The number of rotatable bonds is 7. The molecular formula is C24H27N7O. The maximum atomic E-state index is 9.76. The van der Waals surface area contributed by atoms with Crippen LogP contribution in [0.1, 0.15) is 30.9 Å². The summed E-state index contributed by atoms with van der Waals surface area (Å²) in [4.78, 5) is 16.1. The smallest absolute Gasteiger partial charge is 0.231 e. The third kappa shape index (κ3) is 3.89. The third-order valence-corrected chi connectivity index (χ3v) is 6.02. The molecule has 2 N–H and O–H groups in total. The van der Waals surface area contributed by atoms with Crippen molar-refractivity contribution in [2.75, 3.05) is 23.4 Å². The van der Waals surface area contributed by atoms with Crippen LogP contribution in [0.15, 0.2) is 54.9 Å². The number of benzene rings is 1. The van der Waals surface area contributed by atoms with E-state index in [0.29, 0.717) is 18.4 Å². The van der Waals surface area contributed by atoms with Crippen molar-refractivity contribution in [3.05, 3.63) is 66.0 Å². The van der Waals surface area contributed by atoms with Gasteiger partial charge in [0.15, 0.2) is 5.65 Å². The number of aliphatic hydroxyl groups is 1. The lowest BCUT2D eigenvalue weighted by Gasteiger charge is -2.23. The number of aliphatic hydroxyl groups excluding tert-OH is 1. The van der Waals surface area contributed by atoms with E-state index in [1.54, 1.807) is 10.7 Å². The van der Waals surface area contributed by atoms with Crippen LogP contribution in [0.4, 0.5) is 11.9 Å². The van der Waals surface area contributed by atoms with E-state index < -0.39 is 0 Å². The molecule has 0 unspecified atom stereocenters. The molecule has 8 nitrogen and oxygen atoms in total. The highest BCUT2D eigenvalue weighted by atomic mass is 16.3. The Labute approximate surface area is 187 Å². The van der Waals surface area contributed by atoms with E-state index in [1.807, 2.05) is 24.4 Å². The lowest BCUT2D eigenvalue weighted by Crippen LogP contribution is -2.34. The van der Waals surface area contributed by atoms with Gasteiger partial charge in [-0.1, -0.05) is 37.3 Å². The SMILES string of the molecule is CCc1cnn2c(NCc3ccc(-c4ccccn4)cc3)nc(N3CCC[C@H]3CO)nc12. The Morgan fingerprint density at radius 3 is 2.75 bits per heavy atom. The van der Waals surface area contributed by atoms with Crippen molar-refractivity contribution >= 4 is 17.5 Å². The molecule has 1 fully saturated rings. The monoisotopic (exact) mass is 429 g/mol. The second-order valence-electron chi connectivity index (χ2n) is 8.04. The fraction of sp³-hybridized carbons (Fsp3) is 0.333. The van der Waals surface area contributed by atoms with Crippen molar-refractivity contribution in [3.8, 4) is 11.3 Å². The molecule has 164 valence electrons. The molecule has 4 heterocycles. The summed E-state index contributed by atoms with van der Waals surface area (Å²) in [6.07, 6.45) is 6.49. The summed E-state index contributed by atoms with van der Waals surface area (Å²) in [5, 5.41) is 17.7. The van der Waals surface area contributed by atoms with Gasteiger partial charge in [0, 0.05) is 30.4 Å². The van der Waals surface area contributed by atoms with Crippen molar-refractivity contribution in [1.82, 2.24) is 24.6 Å². The van der Waals surface area contributed by atoms with Crippen molar-refractivity contribution in [1.29, 1.82) is 0 Å². The molecule has 1 aliphatic rings. The van der Waals surface area contributed by atoms with Crippen molar-refractivity contribution in [2.45, 2.75) is 38.8 Å². The van der Waals surface area contributed by atoms with E-state index in [0.717, 1.165) is 53.8 Å². The number of nitrogens with one attached hydrogen (secondary N) is 1. The lowest BCUT2D eigenvalue weighted by molar-refractivity contribution is 0.265. The molecular weight excluding hydrogens is 402 g/mol. The van der Waals surface area contributed by atoms with Gasteiger partial charge in [0.05, 0.1) is 24.5 Å². The van der Waals surface area contributed by atoms with Gasteiger partial charge in [-0.2, -0.15) is 19.6 Å². The zero-order valence-electron chi connectivity index (χ0n) is 18.1. The molecule has 0 saturated carbocycles. The molecule has 3 aromatic heterocycles. The summed E-state index contributed by atoms with van der Waals surface area (Å²) in [5.74, 6) is 1.30.